The third kappa shape index (κ3) is 7.07. The van der Waals surface area contributed by atoms with E-state index >= 15 is 0 Å². The van der Waals surface area contributed by atoms with E-state index < -0.39 is 23.6 Å². The van der Waals surface area contributed by atoms with E-state index in [1.807, 2.05) is 0 Å². The van der Waals surface area contributed by atoms with Gasteiger partial charge in [-0.3, -0.25) is 9.59 Å². The number of aromatic nitrogens is 1. The van der Waals surface area contributed by atoms with E-state index in [1.54, 1.807) is 12.1 Å². The summed E-state index contributed by atoms with van der Waals surface area (Å²) in [6, 6.07) is 12.3. The van der Waals surface area contributed by atoms with Crippen molar-refractivity contribution in [1.29, 1.82) is 0 Å². The SMILES string of the molecule is COCCC(=O)Oc1c(OC)ccnc1C(=O)Nc1ccc(/C(=N\OC)c2cccc(C(F)(F)F)c2)cc1. The van der Waals surface area contributed by atoms with Gasteiger partial charge in [0, 0.05) is 36.2 Å². The number of rotatable bonds is 10. The van der Waals surface area contributed by atoms with E-state index in [0.717, 1.165) is 12.1 Å². The Morgan fingerprint density at radius 1 is 1.00 bits per heavy atom. The van der Waals surface area contributed by atoms with Gasteiger partial charge in [0.2, 0.25) is 5.75 Å². The number of oxime groups is 1. The Morgan fingerprint density at radius 3 is 2.37 bits per heavy atom. The molecule has 0 spiro atoms. The van der Waals surface area contributed by atoms with Crippen LogP contribution >= 0.6 is 0 Å². The number of carbonyl (C=O) groups excluding carboxylic acids is 2. The van der Waals surface area contributed by atoms with Gasteiger partial charge in [-0.1, -0.05) is 29.4 Å². The fraction of sp³-hybridized carbons (Fsp3) is 0.231. The molecule has 1 N–H and O–H groups in total. The highest BCUT2D eigenvalue weighted by Gasteiger charge is 2.31. The number of alkyl halides is 3. The number of pyridine rings is 1. The fourth-order valence-corrected chi connectivity index (χ4v) is 3.31. The smallest absolute Gasteiger partial charge is 0.416 e. The van der Waals surface area contributed by atoms with Crippen LogP contribution in [0.4, 0.5) is 18.9 Å². The minimum atomic E-state index is -4.52. The first-order chi connectivity index (χ1) is 18.2. The molecule has 1 aromatic heterocycles. The molecule has 0 unspecified atom stereocenters. The van der Waals surface area contributed by atoms with Gasteiger partial charge >= 0.3 is 12.1 Å². The first-order valence-corrected chi connectivity index (χ1v) is 11.1. The summed E-state index contributed by atoms with van der Waals surface area (Å²) in [5.74, 6) is -1.34. The minimum Gasteiger partial charge on any atom is -0.493 e. The topological polar surface area (TPSA) is 108 Å². The molecular weight excluding hydrogens is 507 g/mol. The van der Waals surface area contributed by atoms with Crippen LogP contribution < -0.4 is 14.8 Å². The summed E-state index contributed by atoms with van der Waals surface area (Å²) >= 11 is 0. The summed E-state index contributed by atoms with van der Waals surface area (Å²) in [5.41, 5.74) is 0.115. The Bertz CT molecular complexity index is 1310. The molecule has 38 heavy (non-hydrogen) atoms. The van der Waals surface area contributed by atoms with Gasteiger partial charge in [-0.05, 0) is 24.3 Å². The number of hydrogen-bond acceptors (Lipinski definition) is 8. The van der Waals surface area contributed by atoms with Gasteiger partial charge in [0.25, 0.3) is 5.91 Å². The van der Waals surface area contributed by atoms with Crippen LogP contribution in [0.2, 0.25) is 0 Å². The van der Waals surface area contributed by atoms with Crippen molar-refractivity contribution in [2.75, 3.05) is 33.3 Å². The van der Waals surface area contributed by atoms with E-state index in [4.69, 9.17) is 19.0 Å². The molecule has 0 saturated carbocycles. The maximum atomic E-state index is 13.2. The van der Waals surface area contributed by atoms with Crippen molar-refractivity contribution in [1.82, 2.24) is 4.98 Å². The van der Waals surface area contributed by atoms with E-state index in [9.17, 15) is 22.8 Å². The number of anilines is 1. The zero-order chi connectivity index (χ0) is 27.7. The zero-order valence-corrected chi connectivity index (χ0v) is 20.7. The van der Waals surface area contributed by atoms with Crippen molar-refractivity contribution in [3.63, 3.8) is 0 Å². The van der Waals surface area contributed by atoms with Crippen LogP contribution in [0.1, 0.15) is 33.6 Å². The first-order valence-electron chi connectivity index (χ1n) is 11.1. The maximum Gasteiger partial charge on any atom is 0.416 e. The molecule has 0 saturated heterocycles. The summed E-state index contributed by atoms with van der Waals surface area (Å²) in [6.45, 7) is 0.129. The lowest BCUT2D eigenvalue weighted by atomic mass is 10.00. The molecular formula is C26H24F3N3O6. The lowest BCUT2D eigenvalue weighted by Gasteiger charge is -2.13. The number of halogens is 3. The third-order valence-corrected chi connectivity index (χ3v) is 5.09. The van der Waals surface area contributed by atoms with Crippen molar-refractivity contribution >= 4 is 23.3 Å². The van der Waals surface area contributed by atoms with Gasteiger partial charge in [-0.15, -0.1) is 0 Å². The predicted octanol–water partition coefficient (Wildman–Crippen LogP) is 4.70. The molecule has 1 amide bonds. The molecule has 0 atom stereocenters. The van der Waals surface area contributed by atoms with E-state index in [-0.39, 0.29) is 41.5 Å². The van der Waals surface area contributed by atoms with E-state index in [0.29, 0.717) is 11.3 Å². The van der Waals surface area contributed by atoms with Crippen molar-refractivity contribution < 1.29 is 41.8 Å². The zero-order valence-electron chi connectivity index (χ0n) is 20.7. The van der Waals surface area contributed by atoms with Crippen LogP contribution in [-0.4, -0.2) is 50.5 Å². The third-order valence-electron chi connectivity index (χ3n) is 5.09. The van der Waals surface area contributed by atoms with Crippen LogP contribution in [0.5, 0.6) is 11.5 Å². The summed E-state index contributed by atoms with van der Waals surface area (Å²) < 4.78 is 54.9. The highest BCUT2D eigenvalue weighted by Crippen LogP contribution is 2.31. The van der Waals surface area contributed by atoms with Crippen molar-refractivity contribution in [2.24, 2.45) is 5.16 Å². The molecule has 12 heteroatoms. The van der Waals surface area contributed by atoms with Crippen molar-refractivity contribution in [3.05, 3.63) is 83.2 Å². The molecule has 3 rings (SSSR count). The summed E-state index contributed by atoms with van der Waals surface area (Å²) in [5, 5.41) is 6.53. The van der Waals surface area contributed by atoms with Crippen molar-refractivity contribution in [3.8, 4) is 11.5 Å². The predicted molar refractivity (Wildman–Crippen MR) is 131 cm³/mol. The molecule has 1 heterocycles. The number of ether oxygens (including phenoxy) is 3. The second-order valence-corrected chi connectivity index (χ2v) is 7.64. The van der Waals surface area contributed by atoms with Crippen molar-refractivity contribution in [2.45, 2.75) is 12.6 Å². The Balaban J connectivity index is 1.84. The second kappa shape index (κ2) is 12.7. The molecule has 0 bridgehead atoms. The Hall–Kier alpha value is -4.45. The molecule has 200 valence electrons. The quantitative estimate of drug-likeness (QED) is 0.230. The fourth-order valence-electron chi connectivity index (χ4n) is 3.31. The van der Waals surface area contributed by atoms with Gasteiger partial charge in [-0.25, -0.2) is 4.98 Å². The highest BCUT2D eigenvalue weighted by molar-refractivity contribution is 6.13. The van der Waals surface area contributed by atoms with Gasteiger partial charge in [0.1, 0.15) is 12.8 Å². The minimum absolute atomic E-state index is 0.0473. The van der Waals surface area contributed by atoms with Crippen LogP contribution in [0.15, 0.2) is 65.9 Å². The Labute approximate surface area is 216 Å². The van der Waals surface area contributed by atoms with Gasteiger partial charge < -0.3 is 24.4 Å². The van der Waals surface area contributed by atoms with Gasteiger partial charge in [-0.2, -0.15) is 13.2 Å². The number of carbonyl (C=O) groups is 2. The molecule has 0 fully saturated rings. The lowest BCUT2D eigenvalue weighted by molar-refractivity contribution is -0.137. The van der Waals surface area contributed by atoms with Crippen LogP contribution in [0.3, 0.4) is 0 Å². The molecule has 0 radical (unpaired) electrons. The summed E-state index contributed by atoms with van der Waals surface area (Å²) in [4.78, 5) is 34.0. The summed E-state index contributed by atoms with van der Waals surface area (Å²) in [6.07, 6.45) is -3.24. The number of methoxy groups -OCH3 is 2. The van der Waals surface area contributed by atoms with E-state index in [1.165, 1.54) is 57.9 Å². The number of nitrogens with one attached hydrogen (secondary N) is 1. The number of nitrogens with zero attached hydrogens (tertiary/aromatic N) is 2. The number of hydrogen-bond donors (Lipinski definition) is 1. The monoisotopic (exact) mass is 531 g/mol. The Morgan fingerprint density at radius 2 is 1.74 bits per heavy atom. The molecule has 0 aliphatic carbocycles. The van der Waals surface area contributed by atoms with Gasteiger partial charge in [0.15, 0.2) is 11.4 Å². The highest BCUT2D eigenvalue weighted by atomic mass is 19.4. The van der Waals surface area contributed by atoms with E-state index in [2.05, 4.69) is 15.5 Å². The molecule has 0 aliphatic heterocycles. The largest absolute Gasteiger partial charge is 0.493 e. The normalized spacial score (nSPS) is 11.6. The number of amides is 1. The molecule has 9 nitrogen and oxygen atoms in total. The second-order valence-electron chi connectivity index (χ2n) is 7.64. The Kier molecular flexibility index (Phi) is 9.39. The average Bonchev–Trinajstić information content (AvgIpc) is 2.90. The maximum absolute atomic E-state index is 13.2. The standard InChI is InChI=1S/C26H24F3N3O6/c1-35-14-12-21(33)38-24-20(36-2)11-13-30-23(24)25(34)31-19-9-7-16(8-10-19)22(32-37-3)17-5-4-6-18(15-17)26(27,28)29/h4-11,13,15H,12,14H2,1-3H3,(H,31,34)/b32-22+. The van der Waals surface area contributed by atoms with Crippen LogP contribution in [0.25, 0.3) is 0 Å². The number of benzene rings is 2. The average molecular weight is 531 g/mol. The summed E-state index contributed by atoms with van der Waals surface area (Å²) in [7, 11) is 4.07. The molecule has 3 aromatic rings. The van der Waals surface area contributed by atoms with Gasteiger partial charge in [0.05, 0.1) is 25.7 Å². The lowest BCUT2D eigenvalue weighted by Crippen LogP contribution is -2.19. The molecule has 2 aromatic carbocycles. The first kappa shape index (κ1) is 28.1. The number of esters is 1. The molecule has 0 aliphatic rings. The van der Waals surface area contributed by atoms with Crippen LogP contribution in [-0.2, 0) is 20.5 Å². The van der Waals surface area contributed by atoms with Crippen LogP contribution in [0, 0.1) is 0 Å².